The summed E-state index contributed by atoms with van der Waals surface area (Å²) in [6.07, 6.45) is 6.96. The van der Waals surface area contributed by atoms with E-state index in [-0.39, 0.29) is 26.2 Å². The number of rotatable bonds is 4. The van der Waals surface area contributed by atoms with E-state index in [9.17, 15) is 0 Å². The number of hydrogen-bond acceptors (Lipinski definition) is 0. The Morgan fingerprint density at radius 3 is 2.20 bits per heavy atom. The van der Waals surface area contributed by atoms with Crippen LogP contribution in [0, 0.1) is 6.42 Å². The zero-order chi connectivity index (χ0) is 16.4. The molecule has 3 aromatic rings. The minimum Gasteiger partial charge on any atom is -0.0651 e. The average Bonchev–Trinajstić information content (AvgIpc) is 3.08. The molecule has 0 unspecified atom stereocenters. The Kier molecular flexibility index (Phi) is 5.87. The van der Waals surface area contributed by atoms with E-state index in [4.69, 9.17) is 0 Å². The summed E-state index contributed by atoms with van der Waals surface area (Å²) in [7, 11) is 0. The maximum atomic E-state index is 2.32. The zero-order valence-electron chi connectivity index (χ0n) is 14.5. The van der Waals surface area contributed by atoms with Crippen LogP contribution in [-0.2, 0) is 32.6 Å². The quantitative estimate of drug-likeness (QED) is 0.475. The molecule has 1 radical (unpaired) electrons. The van der Waals surface area contributed by atoms with Crippen LogP contribution in [0.25, 0.3) is 22.8 Å². The summed E-state index contributed by atoms with van der Waals surface area (Å²) in [5, 5.41) is 0. The van der Waals surface area contributed by atoms with Gasteiger partial charge in [0.1, 0.15) is 0 Å². The van der Waals surface area contributed by atoms with Crippen molar-refractivity contribution in [3.8, 4) is 11.1 Å². The van der Waals surface area contributed by atoms with Crippen LogP contribution in [0.1, 0.15) is 35.6 Å². The fraction of sp³-hybridized carbons (Fsp3) is 0.125. The largest absolute Gasteiger partial charge is 0.0651 e. The second-order valence-electron chi connectivity index (χ2n) is 6.37. The average molecular weight is 401 g/mol. The van der Waals surface area contributed by atoms with E-state index in [1.54, 1.807) is 0 Å². The molecule has 0 saturated heterocycles. The van der Waals surface area contributed by atoms with Gasteiger partial charge >= 0.3 is 0 Å². The van der Waals surface area contributed by atoms with Crippen LogP contribution in [0.4, 0.5) is 0 Å². The molecule has 0 saturated carbocycles. The predicted octanol–water partition coefficient (Wildman–Crippen LogP) is 6.41. The Hall–Kier alpha value is -1.72. The van der Waals surface area contributed by atoms with Gasteiger partial charge in [-0.2, -0.15) is 0 Å². The van der Waals surface area contributed by atoms with E-state index >= 15 is 0 Å². The van der Waals surface area contributed by atoms with Gasteiger partial charge in [0.25, 0.3) is 0 Å². The number of allylic oxidation sites excluding steroid dienone is 1. The van der Waals surface area contributed by atoms with Gasteiger partial charge in [-0.3, -0.25) is 0 Å². The van der Waals surface area contributed by atoms with Crippen LogP contribution in [0.3, 0.4) is 0 Å². The van der Waals surface area contributed by atoms with Crippen molar-refractivity contribution in [3.63, 3.8) is 0 Å². The van der Waals surface area contributed by atoms with Crippen LogP contribution >= 0.6 is 0 Å². The van der Waals surface area contributed by atoms with Crippen molar-refractivity contribution < 1.29 is 26.2 Å². The van der Waals surface area contributed by atoms with E-state index in [0.29, 0.717) is 0 Å². The number of fused-ring (bicyclic) bond motifs is 1. The summed E-state index contributed by atoms with van der Waals surface area (Å²) in [6.45, 7) is 2.23. The smallest absolute Gasteiger partial charge is 0.0211 e. The van der Waals surface area contributed by atoms with E-state index in [1.165, 1.54) is 45.4 Å². The van der Waals surface area contributed by atoms with Gasteiger partial charge in [-0.05, 0) is 51.5 Å². The third-order valence-electron chi connectivity index (χ3n) is 4.66. The molecule has 0 aromatic heterocycles. The van der Waals surface area contributed by atoms with E-state index in [0.717, 1.165) is 6.42 Å². The Balaban J connectivity index is 0.00000182. The third kappa shape index (κ3) is 3.77. The summed E-state index contributed by atoms with van der Waals surface area (Å²) in [5.74, 6) is 0. The summed E-state index contributed by atoms with van der Waals surface area (Å²) in [4.78, 5) is 0. The van der Waals surface area contributed by atoms with Crippen molar-refractivity contribution in [2.24, 2.45) is 0 Å². The molecular formula is C24H21Zr. The molecule has 0 fully saturated rings. The van der Waals surface area contributed by atoms with Gasteiger partial charge in [0.05, 0.1) is 0 Å². The van der Waals surface area contributed by atoms with Crippen molar-refractivity contribution in [2.75, 3.05) is 0 Å². The second kappa shape index (κ2) is 8.11. The summed E-state index contributed by atoms with van der Waals surface area (Å²) >= 11 is 0. The van der Waals surface area contributed by atoms with E-state index < -0.39 is 0 Å². The Bertz CT molecular complexity index is 874. The first kappa shape index (κ1) is 18.1. The first-order valence-corrected chi connectivity index (χ1v) is 8.69. The van der Waals surface area contributed by atoms with Gasteiger partial charge in [-0.1, -0.05) is 86.1 Å². The summed E-state index contributed by atoms with van der Waals surface area (Å²) < 4.78 is 0. The molecule has 0 spiro atoms. The molecule has 3 aromatic carbocycles. The van der Waals surface area contributed by atoms with Gasteiger partial charge < -0.3 is 0 Å². The number of benzene rings is 3. The van der Waals surface area contributed by atoms with Crippen molar-refractivity contribution in [3.05, 3.63) is 101 Å². The predicted molar refractivity (Wildman–Crippen MR) is 104 cm³/mol. The minimum absolute atomic E-state index is 0. The second-order valence-corrected chi connectivity index (χ2v) is 6.37. The molecule has 0 aliphatic heterocycles. The molecule has 1 heteroatoms. The van der Waals surface area contributed by atoms with Crippen molar-refractivity contribution in [1.82, 2.24) is 0 Å². The Labute approximate surface area is 169 Å². The standard InChI is InChI=1S/C24H21.Zr/c1-2-7-18-12-14-20(15-13-18)23-11-6-10-21-16-22(17-24(21)23)19-8-4-3-5-9-19;/h3-6,8-17H,2,7H2,1H3;. The van der Waals surface area contributed by atoms with E-state index in [2.05, 4.69) is 92.2 Å². The molecule has 121 valence electrons. The zero-order valence-corrected chi connectivity index (χ0v) is 17.0. The SMILES string of the molecule is CCCc1ccc(-c2cccc3c2C=C(c2ccccc2)[CH]3)cc1.[Zr]. The minimum atomic E-state index is 0. The van der Waals surface area contributed by atoms with Crippen LogP contribution < -0.4 is 0 Å². The maximum Gasteiger partial charge on any atom is 0.0211 e. The molecule has 0 amide bonds. The van der Waals surface area contributed by atoms with Crippen LogP contribution in [-0.4, -0.2) is 0 Å². The van der Waals surface area contributed by atoms with E-state index in [1.807, 2.05) is 0 Å². The van der Waals surface area contributed by atoms with Crippen molar-refractivity contribution in [1.29, 1.82) is 0 Å². The molecule has 0 N–H and O–H groups in total. The van der Waals surface area contributed by atoms with Crippen LogP contribution in [0.15, 0.2) is 72.8 Å². The maximum absolute atomic E-state index is 2.32. The Morgan fingerprint density at radius 2 is 1.48 bits per heavy atom. The van der Waals surface area contributed by atoms with Gasteiger partial charge in [0, 0.05) is 32.6 Å². The van der Waals surface area contributed by atoms with Gasteiger partial charge in [0.2, 0.25) is 0 Å². The fourth-order valence-electron chi connectivity index (χ4n) is 3.42. The van der Waals surface area contributed by atoms with Crippen molar-refractivity contribution >= 4 is 11.6 Å². The van der Waals surface area contributed by atoms with Crippen LogP contribution in [0.5, 0.6) is 0 Å². The summed E-state index contributed by atoms with van der Waals surface area (Å²) in [5.41, 5.74) is 9.24. The molecule has 0 atom stereocenters. The van der Waals surface area contributed by atoms with Crippen molar-refractivity contribution in [2.45, 2.75) is 19.8 Å². The molecular weight excluding hydrogens is 379 g/mol. The first-order valence-electron chi connectivity index (χ1n) is 8.69. The fourth-order valence-corrected chi connectivity index (χ4v) is 3.42. The number of hydrogen-bond donors (Lipinski definition) is 0. The normalized spacial score (nSPS) is 12.3. The molecule has 25 heavy (non-hydrogen) atoms. The molecule has 0 bridgehead atoms. The molecule has 0 nitrogen and oxygen atoms in total. The molecule has 1 aliphatic carbocycles. The molecule has 1 aliphatic rings. The summed E-state index contributed by atoms with van der Waals surface area (Å²) in [6, 6.07) is 26.2. The monoisotopic (exact) mass is 399 g/mol. The van der Waals surface area contributed by atoms with Crippen LogP contribution in [0.2, 0.25) is 0 Å². The molecule has 4 rings (SSSR count). The Morgan fingerprint density at radius 1 is 0.720 bits per heavy atom. The number of aryl methyl sites for hydroxylation is 1. The third-order valence-corrected chi connectivity index (χ3v) is 4.66. The van der Waals surface area contributed by atoms with Gasteiger partial charge in [-0.15, -0.1) is 0 Å². The van der Waals surface area contributed by atoms with Gasteiger partial charge in [0.15, 0.2) is 0 Å². The topological polar surface area (TPSA) is 0 Å². The first-order chi connectivity index (χ1) is 11.8. The molecule has 0 heterocycles. The van der Waals surface area contributed by atoms with Gasteiger partial charge in [-0.25, -0.2) is 0 Å².